The van der Waals surface area contributed by atoms with Gasteiger partial charge in [-0.25, -0.2) is 4.98 Å². The van der Waals surface area contributed by atoms with Crippen LogP contribution in [-0.2, 0) is 0 Å². The van der Waals surface area contributed by atoms with E-state index in [9.17, 15) is 13.2 Å². The molecular formula is C16H12F3N5S. The predicted octanol–water partition coefficient (Wildman–Crippen LogP) is 4.60. The number of aromatic nitrogens is 4. The fraction of sp³-hybridized carbons (Fsp3) is 0.188. The van der Waals surface area contributed by atoms with Gasteiger partial charge in [0.1, 0.15) is 11.7 Å². The minimum atomic E-state index is -4.36. The van der Waals surface area contributed by atoms with Gasteiger partial charge in [-0.3, -0.25) is 4.98 Å². The number of halogens is 3. The van der Waals surface area contributed by atoms with Gasteiger partial charge in [0.25, 0.3) is 0 Å². The van der Waals surface area contributed by atoms with E-state index in [1.165, 1.54) is 6.20 Å². The first kappa shape index (κ1) is 15.8. The molecule has 5 nitrogen and oxygen atoms in total. The van der Waals surface area contributed by atoms with Gasteiger partial charge in [-0.2, -0.15) is 18.2 Å². The van der Waals surface area contributed by atoms with Crippen molar-refractivity contribution in [3.05, 3.63) is 36.9 Å². The Labute approximate surface area is 144 Å². The summed E-state index contributed by atoms with van der Waals surface area (Å²) in [6.07, 6.45) is 2.49. The van der Waals surface area contributed by atoms with Crippen LogP contribution in [0.25, 0.3) is 31.6 Å². The van der Waals surface area contributed by atoms with Crippen molar-refractivity contribution in [1.82, 2.24) is 19.9 Å². The van der Waals surface area contributed by atoms with Crippen LogP contribution in [-0.4, -0.2) is 32.2 Å². The van der Waals surface area contributed by atoms with Crippen LogP contribution in [0.2, 0.25) is 0 Å². The molecule has 2 N–H and O–H groups in total. The molecule has 4 aromatic heterocycles. The van der Waals surface area contributed by atoms with Crippen molar-refractivity contribution in [3.8, 4) is 10.4 Å². The highest BCUT2D eigenvalue weighted by Crippen LogP contribution is 2.36. The summed E-state index contributed by atoms with van der Waals surface area (Å²) in [5.41, 5.74) is 1.39. The van der Waals surface area contributed by atoms with Crippen LogP contribution >= 0.6 is 11.3 Å². The summed E-state index contributed by atoms with van der Waals surface area (Å²) in [5, 5.41) is 4.06. The second kappa shape index (κ2) is 5.69. The highest BCUT2D eigenvalue weighted by atomic mass is 32.1. The Morgan fingerprint density at radius 2 is 2.12 bits per heavy atom. The van der Waals surface area contributed by atoms with Gasteiger partial charge in [0.2, 0.25) is 5.95 Å². The van der Waals surface area contributed by atoms with Crippen molar-refractivity contribution in [2.45, 2.75) is 19.1 Å². The smallest absolute Gasteiger partial charge is 0.345 e. The van der Waals surface area contributed by atoms with E-state index in [-0.39, 0.29) is 5.95 Å². The van der Waals surface area contributed by atoms with Gasteiger partial charge in [0, 0.05) is 50.7 Å². The minimum absolute atomic E-state index is 0.0636. The van der Waals surface area contributed by atoms with Gasteiger partial charge in [-0.05, 0) is 19.1 Å². The first-order valence-corrected chi connectivity index (χ1v) is 8.25. The number of anilines is 1. The molecule has 0 saturated heterocycles. The molecule has 1 atom stereocenters. The standard InChI is InChI=1S/C16H12F3N5S/c1-8(16(17,18)19)23-15-22-7-11-10(6-21-14(11)24-15)13-4-9-5-20-3-2-12(9)25-13/h2-8H,1H3,(H2,21,22,23,24)/t8-/m0/s1. The maximum absolute atomic E-state index is 12.6. The molecule has 4 rings (SSSR count). The van der Waals surface area contributed by atoms with Crippen LogP contribution in [0.3, 0.4) is 0 Å². The van der Waals surface area contributed by atoms with Crippen LogP contribution in [0.5, 0.6) is 0 Å². The number of rotatable bonds is 3. The second-order valence-corrected chi connectivity index (χ2v) is 6.67. The third-order valence-electron chi connectivity index (χ3n) is 3.85. The highest BCUT2D eigenvalue weighted by Gasteiger charge is 2.36. The number of hydrogen-bond donors (Lipinski definition) is 2. The second-order valence-electron chi connectivity index (χ2n) is 5.59. The van der Waals surface area contributed by atoms with Gasteiger partial charge >= 0.3 is 6.18 Å². The number of nitrogens with one attached hydrogen (secondary N) is 2. The molecule has 0 amide bonds. The number of aromatic amines is 1. The van der Waals surface area contributed by atoms with Crippen molar-refractivity contribution in [2.75, 3.05) is 5.32 Å². The van der Waals surface area contributed by atoms with E-state index in [4.69, 9.17) is 0 Å². The predicted molar refractivity (Wildman–Crippen MR) is 91.6 cm³/mol. The zero-order valence-electron chi connectivity index (χ0n) is 12.9. The number of nitrogens with zero attached hydrogens (tertiary/aromatic N) is 3. The summed E-state index contributed by atoms with van der Waals surface area (Å²) in [4.78, 5) is 16.3. The van der Waals surface area contributed by atoms with E-state index < -0.39 is 12.2 Å². The van der Waals surface area contributed by atoms with Gasteiger partial charge < -0.3 is 10.3 Å². The van der Waals surface area contributed by atoms with E-state index in [2.05, 4.69) is 25.3 Å². The number of H-pyrrole nitrogens is 1. The van der Waals surface area contributed by atoms with Gasteiger partial charge in [0.05, 0.1) is 0 Å². The lowest BCUT2D eigenvalue weighted by Crippen LogP contribution is -2.33. The fourth-order valence-corrected chi connectivity index (χ4v) is 3.53. The molecule has 0 unspecified atom stereocenters. The van der Waals surface area contributed by atoms with Crippen molar-refractivity contribution in [2.24, 2.45) is 0 Å². The van der Waals surface area contributed by atoms with Crippen molar-refractivity contribution in [3.63, 3.8) is 0 Å². The molecule has 0 aliphatic heterocycles. The Hall–Kier alpha value is -2.68. The Bertz CT molecular complexity index is 1020. The molecule has 9 heteroatoms. The highest BCUT2D eigenvalue weighted by molar-refractivity contribution is 7.22. The van der Waals surface area contributed by atoms with Crippen LogP contribution in [0.1, 0.15) is 6.92 Å². The molecule has 0 aliphatic carbocycles. The topological polar surface area (TPSA) is 66.5 Å². The van der Waals surface area contributed by atoms with E-state index in [0.717, 1.165) is 32.8 Å². The minimum Gasteiger partial charge on any atom is -0.345 e. The van der Waals surface area contributed by atoms with Gasteiger partial charge in [-0.15, -0.1) is 11.3 Å². The first-order chi connectivity index (χ1) is 11.9. The normalized spacial score (nSPS) is 13.4. The summed E-state index contributed by atoms with van der Waals surface area (Å²) in [6, 6.07) is 2.23. The van der Waals surface area contributed by atoms with E-state index >= 15 is 0 Å². The van der Waals surface area contributed by atoms with E-state index in [1.54, 1.807) is 29.9 Å². The lowest BCUT2D eigenvalue weighted by Gasteiger charge is -2.16. The van der Waals surface area contributed by atoms with Crippen molar-refractivity contribution < 1.29 is 13.2 Å². The summed E-state index contributed by atoms with van der Waals surface area (Å²) < 4.78 is 39.0. The van der Waals surface area contributed by atoms with Crippen molar-refractivity contribution in [1.29, 1.82) is 0 Å². The molecule has 0 spiro atoms. The quantitative estimate of drug-likeness (QED) is 0.558. The Morgan fingerprint density at radius 3 is 2.88 bits per heavy atom. The Balaban J connectivity index is 1.70. The van der Waals surface area contributed by atoms with E-state index in [0.29, 0.717) is 5.65 Å². The lowest BCUT2D eigenvalue weighted by molar-refractivity contribution is -0.138. The first-order valence-electron chi connectivity index (χ1n) is 7.43. The number of fused-ring (bicyclic) bond motifs is 2. The number of pyridine rings is 1. The zero-order chi connectivity index (χ0) is 17.6. The Morgan fingerprint density at radius 1 is 1.28 bits per heavy atom. The summed E-state index contributed by atoms with van der Waals surface area (Å²) in [7, 11) is 0. The molecule has 0 saturated carbocycles. The molecule has 0 fully saturated rings. The monoisotopic (exact) mass is 363 g/mol. The molecule has 0 radical (unpaired) electrons. The van der Waals surface area contributed by atoms with Gasteiger partial charge in [-0.1, -0.05) is 0 Å². The van der Waals surface area contributed by atoms with E-state index in [1.807, 2.05) is 12.1 Å². The molecule has 0 aromatic carbocycles. The largest absolute Gasteiger partial charge is 0.408 e. The average molecular weight is 363 g/mol. The average Bonchev–Trinajstić information content (AvgIpc) is 3.16. The summed E-state index contributed by atoms with van der Waals surface area (Å²) >= 11 is 1.61. The van der Waals surface area contributed by atoms with Crippen LogP contribution in [0.4, 0.5) is 19.1 Å². The number of alkyl halides is 3. The maximum atomic E-state index is 12.6. The third-order valence-corrected chi connectivity index (χ3v) is 5.00. The SMILES string of the molecule is C[C@H](Nc1ncc2c(-c3cc4cnccc4s3)c[nH]c2n1)C(F)(F)F. The fourth-order valence-electron chi connectivity index (χ4n) is 2.47. The molecule has 4 aromatic rings. The van der Waals surface area contributed by atoms with Crippen molar-refractivity contribution >= 4 is 38.4 Å². The molecule has 0 bridgehead atoms. The molecule has 128 valence electrons. The summed E-state index contributed by atoms with van der Waals surface area (Å²) in [5.74, 6) is -0.0636. The molecular weight excluding hydrogens is 351 g/mol. The maximum Gasteiger partial charge on any atom is 0.408 e. The summed E-state index contributed by atoms with van der Waals surface area (Å²) in [6.45, 7) is 1.03. The lowest BCUT2D eigenvalue weighted by atomic mass is 10.2. The van der Waals surface area contributed by atoms with Gasteiger partial charge in [0.15, 0.2) is 0 Å². The van der Waals surface area contributed by atoms with Crippen LogP contribution in [0.15, 0.2) is 36.9 Å². The number of hydrogen-bond acceptors (Lipinski definition) is 5. The molecule has 25 heavy (non-hydrogen) atoms. The third kappa shape index (κ3) is 2.91. The van der Waals surface area contributed by atoms with Crippen LogP contribution in [0, 0.1) is 0 Å². The molecule has 4 heterocycles. The zero-order valence-corrected chi connectivity index (χ0v) is 13.7. The molecule has 0 aliphatic rings. The Kier molecular flexibility index (Phi) is 3.60. The number of thiophene rings is 1. The van der Waals surface area contributed by atoms with Crippen LogP contribution < -0.4 is 5.32 Å².